The molecule has 116 valence electrons. The first-order valence-electron chi connectivity index (χ1n) is 8.62. The van der Waals surface area contributed by atoms with Crippen molar-refractivity contribution in [3.05, 3.63) is 0 Å². The molecule has 1 saturated heterocycles. The summed E-state index contributed by atoms with van der Waals surface area (Å²) in [5.41, 5.74) is 0. The number of hydrogen-bond donors (Lipinski definition) is 1. The first kappa shape index (κ1) is 15.8. The van der Waals surface area contributed by atoms with Gasteiger partial charge in [-0.25, -0.2) is 0 Å². The molecule has 1 heterocycles. The van der Waals surface area contributed by atoms with E-state index in [1.54, 1.807) is 0 Å². The summed E-state index contributed by atoms with van der Waals surface area (Å²) in [6, 6.07) is 0.526. The van der Waals surface area contributed by atoms with Gasteiger partial charge >= 0.3 is 0 Å². The molecule has 1 amide bonds. The Morgan fingerprint density at radius 1 is 1.30 bits per heavy atom. The van der Waals surface area contributed by atoms with Gasteiger partial charge in [-0.2, -0.15) is 0 Å². The largest absolute Gasteiger partial charge is 0.323 e. The number of carbonyl (C=O) groups excluding carboxylic acids is 1. The molecule has 0 radical (unpaired) electrons. The number of nitrogens with zero attached hydrogens (tertiary/aromatic N) is 1. The molecule has 20 heavy (non-hydrogen) atoms. The lowest BCUT2D eigenvalue weighted by Gasteiger charge is -2.39. The van der Waals surface area contributed by atoms with E-state index in [9.17, 15) is 4.79 Å². The third-order valence-corrected chi connectivity index (χ3v) is 4.97. The average Bonchev–Trinajstić information content (AvgIpc) is 2.67. The molecule has 0 aromatic carbocycles. The molecule has 3 heteroatoms. The van der Waals surface area contributed by atoms with Crippen molar-refractivity contribution in [2.24, 2.45) is 11.8 Å². The predicted molar refractivity (Wildman–Crippen MR) is 83.3 cm³/mol. The van der Waals surface area contributed by atoms with Crippen LogP contribution >= 0.6 is 0 Å². The number of carbonyl (C=O) groups is 1. The molecule has 1 N–H and O–H groups in total. The van der Waals surface area contributed by atoms with Crippen LogP contribution in [0.1, 0.15) is 72.6 Å². The number of hydrogen-bond acceptors (Lipinski definition) is 2. The van der Waals surface area contributed by atoms with Crippen molar-refractivity contribution in [1.29, 1.82) is 0 Å². The highest BCUT2D eigenvalue weighted by Gasteiger charge is 2.43. The van der Waals surface area contributed by atoms with Gasteiger partial charge in [-0.15, -0.1) is 0 Å². The molecule has 4 unspecified atom stereocenters. The zero-order chi connectivity index (χ0) is 14.7. The quantitative estimate of drug-likeness (QED) is 0.835. The lowest BCUT2D eigenvalue weighted by atomic mass is 9.84. The van der Waals surface area contributed by atoms with E-state index in [1.807, 2.05) is 0 Å². The average molecular weight is 280 g/mol. The van der Waals surface area contributed by atoms with E-state index in [-0.39, 0.29) is 12.2 Å². The van der Waals surface area contributed by atoms with Crippen LogP contribution in [0, 0.1) is 11.8 Å². The van der Waals surface area contributed by atoms with Gasteiger partial charge in [-0.3, -0.25) is 10.1 Å². The van der Waals surface area contributed by atoms with E-state index in [0.29, 0.717) is 23.8 Å². The van der Waals surface area contributed by atoms with Gasteiger partial charge in [0.1, 0.15) is 0 Å². The maximum absolute atomic E-state index is 12.8. The normalized spacial score (nSPS) is 35.0. The van der Waals surface area contributed by atoms with Gasteiger partial charge in [0.25, 0.3) is 0 Å². The van der Waals surface area contributed by atoms with Gasteiger partial charge in [0.05, 0.1) is 12.2 Å². The van der Waals surface area contributed by atoms with Crippen molar-refractivity contribution in [3.63, 3.8) is 0 Å². The number of nitrogens with one attached hydrogen (secondary N) is 1. The summed E-state index contributed by atoms with van der Waals surface area (Å²) in [7, 11) is 0. The fourth-order valence-corrected chi connectivity index (χ4v) is 3.96. The van der Waals surface area contributed by atoms with Crippen LogP contribution in [0.2, 0.25) is 0 Å². The second kappa shape index (κ2) is 6.93. The first-order chi connectivity index (χ1) is 9.54. The zero-order valence-corrected chi connectivity index (χ0v) is 13.7. The predicted octanol–water partition coefficient (Wildman–Crippen LogP) is 3.54. The summed E-state index contributed by atoms with van der Waals surface area (Å²) in [6.45, 7) is 8.95. The van der Waals surface area contributed by atoms with Gasteiger partial charge in [0, 0.05) is 6.04 Å². The molecule has 2 rings (SSSR count). The second-order valence-corrected chi connectivity index (χ2v) is 7.23. The molecular formula is C17H32N2O. The van der Waals surface area contributed by atoms with Crippen molar-refractivity contribution in [2.45, 2.75) is 90.9 Å². The van der Waals surface area contributed by atoms with Crippen LogP contribution < -0.4 is 5.32 Å². The van der Waals surface area contributed by atoms with Crippen LogP contribution in [0.25, 0.3) is 0 Å². The Kier molecular flexibility index (Phi) is 5.48. The van der Waals surface area contributed by atoms with Gasteiger partial charge in [-0.05, 0) is 37.5 Å². The van der Waals surface area contributed by atoms with Crippen LogP contribution in [0.15, 0.2) is 0 Å². The monoisotopic (exact) mass is 280 g/mol. The highest BCUT2D eigenvalue weighted by atomic mass is 16.2. The van der Waals surface area contributed by atoms with Crippen LogP contribution in [-0.2, 0) is 4.79 Å². The summed E-state index contributed by atoms with van der Waals surface area (Å²) < 4.78 is 0. The Bertz CT molecular complexity index is 329. The highest BCUT2D eigenvalue weighted by Crippen LogP contribution is 2.33. The maximum Gasteiger partial charge on any atom is 0.241 e. The summed E-state index contributed by atoms with van der Waals surface area (Å²) >= 11 is 0. The fraction of sp³-hybridized carbons (Fsp3) is 0.941. The van der Waals surface area contributed by atoms with Gasteiger partial charge in [0.2, 0.25) is 5.91 Å². The molecular weight excluding hydrogens is 248 g/mol. The first-order valence-corrected chi connectivity index (χ1v) is 8.62. The minimum Gasteiger partial charge on any atom is -0.323 e. The van der Waals surface area contributed by atoms with E-state index in [2.05, 4.69) is 37.9 Å². The number of rotatable bonds is 5. The molecule has 1 aliphatic carbocycles. The van der Waals surface area contributed by atoms with E-state index < -0.39 is 0 Å². The second-order valence-electron chi connectivity index (χ2n) is 7.23. The smallest absolute Gasteiger partial charge is 0.241 e. The van der Waals surface area contributed by atoms with Crippen LogP contribution in [-0.4, -0.2) is 29.1 Å². The molecule has 3 nitrogen and oxygen atoms in total. The topological polar surface area (TPSA) is 32.3 Å². The summed E-state index contributed by atoms with van der Waals surface area (Å²) in [4.78, 5) is 15.1. The van der Waals surface area contributed by atoms with Crippen molar-refractivity contribution in [1.82, 2.24) is 10.2 Å². The minimum absolute atomic E-state index is 0.0562. The molecule has 0 aromatic heterocycles. The van der Waals surface area contributed by atoms with E-state index in [4.69, 9.17) is 0 Å². The molecule has 1 aliphatic heterocycles. The van der Waals surface area contributed by atoms with Crippen LogP contribution in [0.5, 0.6) is 0 Å². The van der Waals surface area contributed by atoms with E-state index in [1.165, 1.54) is 25.7 Å². The van der Waals surface area contributed by atoms with Crippen molar-refractivity contribution >= 4 is 5.91 Å². The van der Waals surface area contributed by atoms with E-state index >= 15 is 0 Å². The Morgan fingerprint density at radius 2 is 2.00 bits per heavy atom. The Balaban J connectivity index is 2.12. The van der Waals surface area contributed by atoms with E-state index in [0.717, 1.165) is 19.3 Å². The highest BCUT2D eigenvalue weighted by molar-refractivity contribution is 5.84. The molecule has 2 fully saturated rings. The Hall–Kier alpha value is -0.570. The van der Waals surface area contributed by atoms with Crippen LogP contribution in [0.4, 0.5) is 0 Å². The Morgan fingerprint density at radius 3 is 2.60 bits per heavy atom. The van der Waals surface area contributed by atoms with Crippen LogP contribution in [0.3, 0.4) is 0 Å². The molecule has 2 aliphatic rings. The summed E-state index contributed by atoms with van der Waals surface area (Å²) in [6.07, 6.45) is 8.57. The fourth-order valence-electron chi connectivity index (χ4n) is 3.96. The van der Waals surface area contributed by atoms with Gasteiger partial charge in [-0.1, -0.05) is 47.0 Å². The van der Waals surface area contributed by atoms with Gasteiger partial charge in [0.15, 0.2) is 0 Å². The molecule has 1 saturated carbocycles. The maximum atomic E-state index is 12.8. The molecule has 4 atom stereocenters. The summed E-state index contributed by atoms with van der Waals surface area (Å²) in [5.74, 6) is 1.60. The Labute approximate surface area is 124 Å². The van der Waals surface area contributed by atoms with Crippen molar-refractivity contribution in [2.75, 3.05) is 0 Å². The number of amides is 1. The lowest BCUT2D eigenvalue weighted by molar-refractivity contribution is -0.134. The third kappa shape index (κ3) is 3.36. The SMILES string of the molecule is CCCC1NC(CC(C)C)C(=O)N1C1CCCCC1C. The molecule has 0 bridgehead atoms. The molecule has 0 aromatic rings. The molecule has 0 spiro atoms. The standard InChI is InChI=1S/C17H32N2O/c1-5-8-16-18-14(11-12(2)3)17(20)19(16)15-10-7-6-9-13(15)4/h12-16,18H,5-11H2,1-4H3. The zero-order valence-electron chi connectivity index (χ0n) is 13.7. The lowest BCUT2D eigenvalue weighted by Crippen LogP contribution is -2.48. The minimum atomic E-state index is 0.0562. The summed E-state index contributed by atoms with van der Waals surface area (Å²) in [5, 5.41) is 3.62. The third-order valence-electron chi connectivity index (χ3n) is 4.97. The van der Waals surface area contributed by atoms with Gasteiger partial charge < -0.3 is 4.90 Å². The van der Waals surface area contributed by atoms with Crippen molar-refractivity contribution < 1.29 is 4.79 Å². The van der Waals surface area contributed by atoms with Crippen molar-refractivity contribution in [3.8, 4) is 0 Å².